The number of sulfonamides is 1. The van der Waals surface area contributed by atoms with Gasteiger partial charge in [-0.2, -0.15) is 4.98 Å². The number of Topliss-reactive ketones (excluding diaryl/α,β-unsaturated/α-hetero) is 1. The molecule has 2 aromatic carbocycles. The molecule has 3 heterocycles. The van der Waals surface area contributed by atoms with Gasteiger partial charge in [0.1, 0.15) is 17.8 Å². The Morgan fingerprint density at radius 2 is 1.74 bits per heavy atom. The van der Waals surface area contributed by atoms with Crippen LogP contribution < -0.4 is 20.1 Å². The molecule has 0 radical (unpaired) electrons. The SMILES string of the molecule is CCC[C@H](NC(=O)[C@@H]1C[C@@H](OCc2ccc(Cl)cc2)CN1C(=O)[C@@H](CCC1CCNCC1)NS(C)(=O)=O)C(=O)c1noc(Cc2ccc(OC)cc2)n1. The monoisotopic (exact) mass is 772 g/mol. The lowest BCUT2D eigenvalue weighted by Crippen LogP contribution is -2.55. The number of methoxy groups -OCH3 is 1. The molecule has 5 rings (SSSR count). The van der Waals surface area contributed by atoms with Crippen molar-refractivity contribution >= 4 is 39.2 Å². The molecule has 2 saturated heterocycles. The third kappa shape index (κ3) is 11.8. The predicted octanol–water partition coefficient (Wildman–Crippen LogP) is 3.67. The van der Waals surface area contributed by atoms with Crippen LogP contribution in [0.2, 0.25) is 5.02 Å². The Hall–Kier alpha value is -3.89. The zero-order valence-corrected chi connectivity index (χ0v) is 32.0. The summed E-state index contributed by atoms with van der Waals surface area (Å²) >= 11 is 6.04. The quantitative estimate of drug-likeness (QED) is 0.161. The highest BCUT2D eigenvalue weighted by atomic mass is 35.5. The van der Waals surface area contributed by atoms with Gasteiger partial charge in [-0.15, -0.1) is 0 Å². The van der Waals surface area contributed by atoms with Crippen molar-refractivity contribution in [3.05, 3.63) is 76.4 Å². The summed E-state index contributed by atoms with van der Waals surface area (Å²) in [5.74, 6) is -0.454. The maximum Gasteiger partial charge on any atom is 0.243 e. The molecule has 2 aliphatic rings. The van der Waals surface area contributed by atoms with Gasteiger partial charge in [0.25, 0.3) is 0 Å². The van der Waals surface area contributed by atoms with Crippen molar-refractivity contribution < 1.29 is 36.8 Å². The fourth-order valence-corrected chi connectivity index (χ4v) is 7.66. The van der Waals surface area contributed by atoms with Gasteiger partial charge in [-0.1, -0.05) is 54.4 Å². The minimum atomic E-state index is -3.77. The topological polar surface area (TPSA) is 182 Å². The number of likely N-dealkylation sites (tertiary alicyclic amines) is 1. The number of benzene rings is 2. The summed E-state index contributed by atoms with van der Waals surface area (Å²) in [7, 11) is -2.19. The third-order valence-electron chi connectivity index (χ3n) is 9.64. The Labute approximate surface area is 315 Å². The number of aromatic nitrogens is 2. The van der Waals surface area contributed by atoms with Gasteiger partial charge in [-0.05, 0) is 86.5 Å². The van der Waals surface area contributed by atoms with E-state index in [0.29, 0.717) is 42.4 Å². The van der Waals surface area contributed by atoms with Crippen molar-refractivity contribution in [1.29, 1.82) is 0 Å². The number of piperidine rings is 1. The summed E-state index contributed by atoms with van der Waals surface area (Å²) in [6, 6.07) is 11.4. The number of carbonyl (C=O) groups is 3. The molecule has 3 N–H and O–H groups in total. The third-order valence-corrected chi connectivity index (χ3v) is 10.6. The Bertz CT molecular complexity index is 1780. The van der Waals surface area contributed by atoms with Crippen molar-refractivity contribution in [2.45, 2.75) is 89.1 Å². The van der Waals surface area contributed by atoms with Crippen LogP contribution in [0.4, 0.5) is 0 Å². The van der Waals surface area contributed by atoms with Gasteiger partial charge >= 0.3 is 0 Å². The Balaban J connectivity index is 1.32. The smallest absolute Gasteiger partial charge is 0.243 e. The van der Waals surface area contributed by atoms with Gasteiger partial charge in [0.15, 0.2) is 0 Å². The van der Waals surface area contributed by atoms with Gasteiger partial charge in [0.2, 0.25) is 39.3 Å². The first-order valence-electron chi connectivity index (χ1n) is 18.1. The van der Waals surface area contributed by atoms with Crippen LogP contribution in [0.1, 0.15) is 79.5 Å². The van der Waals surface area contributed by atoms with E-state index in [-0.39, 0.29) is 37.7 Å². The minimum Gasteiger partial charge on any atom is -0.497 e. The number of nitrogens with zero attached hydrogens (tertiary/aromatic N) is 3. The van der Waals surface area contributed by atoms with E-state index in [1.165, 1.54) is 4.90 Å². The molecule has 0 aliphatic carbocycles. The molecule has 2 fully saturated rings. The fourth-order valence-electron chi connectivity index (χ4n) is 6.80. The van der Waals surface area contributed by atoms with E-state index in [9.17, 15) is 22.8 Å². The number of hydrogen-bond acceptors (Lipinski definition) is 11. The largest absolute Gasteiger partial charge is 0.497 e. The molecule has 2 amide bonds. The summed E-state index contributed by atoms with van der Waals surface area (Å²) in [5.41, 5.74) is 1.74. The zero-order chi connectivity index (χ0) is 38.0. The first kappa shape index (κ1) is 40.3. The highest BCUT2D eigenvalue weighted by molar-refractivity contribution is 7.88. The summed E-state index contributed by atoms with van der Waals surface area (Å²) in [6.45, 7) is 3.90. The summed E-state index contributed by atoms with van der Waals surface area (Å²) in [4.78, 5) is 47.7. The average Bonchev–Trinajstić information content (AvgIpc) is 3.80. The zero-order valence-electron chi connectivity index (χ0n) is 30.4. The molecule has 14 nitrogen and oxygen atoms in total. The van der Waals surface area contributed by atoms with Crippen LogP contribution in [0.25, 0.3) is 0 Å². The molecule has 1 aromatic heterocycles. The summed E-state index contributed by atoms with van der Waals surface area (Å²) < 4.78 is 44.2. The molecule has 0 saturated carbocycles. The van der Waals surface area contributed by atoms with Crippen LogP contribution in [-0.4, -0.2) is 98.3 Å². The minimum absolute atomic E-state index is 0.0613. The number of ketones is 1. The second-order valence-electron chi connectivity index (χ2n) is 13.8. The number of rotatable bonds is 18. The van der Waals surface area contributed by atoms with E-state index in [0.717, 1.165) is 43.3 Å². The number of halogens is 1. The molecule has 3 aromatic rings. The normalized spacial score (nSPS) is 19.1. The molecule has 4 atom stereocenters. The molecule has 16 heteroatoms. The standard InChI is InChI=1S/C37H49ClN6O8S/c1-4-5-30(34(45)35-41-33(52-42-35)20-25-8-13-28(50-2)14-9-25)40-36(46)32-21-29(51-23-26-6-11-27(38)12-7-26)22-44(32)37(47)31(43-53(3,48)49)15-10-24-16-18-39-19-17-24/h6-9,11-14,24,29-32,39,43H,4-5,10,15-23H2,1-3H3,(H,40,46)/t29-,30+,31-,32+/m1/s1. The van der Waals surface area contributed by atoms with Gasteiger partial charge in [-0.25, -0.2) is 13.1 Å². The van der Waals surface area contributed by atoms with Gasteiger partial charge in [-0.3, -0.25) is 14.4 Å². The van der Waals surface area contributed by atoms with Crippen LogP contribution in [0.3, 0.4) is 0 Å². The molecule has 53 heavy (non-hydrogen) atoms. The van der Waals surface area contributed by atoms with Gasteiger partial charge in [0, 0.05) is 18.0 Å². The summed E-state index contributed by atoms with van der Waals surface area (Å²) in [6.07, 6.45) is 4.58. The van der Waals surface area contributed by atoms with Crippen LogP contribution in [0.5, 0.6) is 5.75 Å². The van der Waals surface area contributed by atoms with Crippen LogP contribution in [0, 0.1) is 5.92 Å². The number of ether oxygens (including phenoxy) is 2. The van der Waals surface area contributed by atoms with E-state index in [1.807, 2.05) is 43.3 Å². The highest BCUT2D eigenvalue weighted by Gasteiger charge is 2.44. The molecule has 0 spiro atoms. The Morgan fingerprint density at radius 3 is 2.40 bits per heavy atom. The van der Waals surface area contributed by atoms with Crippen LogP contribution in [0.15, 0.2) is 53.1 Å². The first-order chi connectivity index (χ1) is 25.4. The molecule has 0 unspecified atom stereocenters. The molecule has 288 valence electrons. The number of carbonyl (C=O) groups excluding carboxylic acids is 3. The maximum absolute atomic E-state index is 14.3. The maximum atomic E-state index is 14.3. The molecule has 0 bridgehead atoms. The first-order valence-corrected chi connectivity index (χ1v) is 20.3. The van der Waals surface area contributed by atoms with E-state index >= 15 is 0 Å². The van der Waals surface area contributed by atoms with Gasteiger partial charge < -0.3 is 29.5 Å². The van der Waals surface area contributed by atoms with Crippen molar-refractivity contribution in [2.24, 2.45) is 5.92 Å². The molecular formula is C37H49ClN6O8S. The van der Waals surface area contributed by atoms with Crippen molar-refractivity contribution in [2.75, 3.05) is 33.0 Å². The Morgan fingerprint density at radius 1 is 1.04 bits per heavy atom. The number of hydrogen-bond donors (Lipinski definition) is 3. The fraction of sp³-hybridized carbons (Fsp3) is 0.541. The van der Waals surface area contributed by atoms with Crippen molar-refractivity contribution in [3.63, 3.8) is 0 Å². The molecular weight excluding hydrogens is 724 g/mol. The van der Waals surface area contributed by atoms with Gasteiger partial charge in [0.05, 0.1) is 38.5 Å². The van der Waals surface area contributed by atoms with Crippen LogP contribution >= 0.6 is 11.6 Å². The average molecular weight is 773 g/mol. The number of amides is 2. The second kappa shape index (κ2) is 18.9. The van der Waals surface area contributed by atoms with E-state index in [2.05, 4.69) is 25.5 Å². The van der Waals surface area contributed by atoms with E-state index < -0.39 is 51.9 Å². The highest BCUT2D eigenvalue weighted by Crippen LogP contribution is 2.26. The lowest BCUT2D eigenvalue weighted by Gasteiger charge is -2.30. The lowest BCUT2D eigenvalue weighted by atomic mass is 9.91. The van der Waals surface area contributed by atoms with Crippen LogP contribution in [-0.2, 0) is 37.4 Å². The second-order valence-corrected chi connectivity index (χ2v) is 16.0. The van der Waals surface area contributed by atoms with E-state index in [1.54, 1.807) is 19.2 Å². The van der Waals surface area contributed by atoms with Crippen molar-refractivity contribution in [1.82, 2.24) is 30.4 Å². The lowest BCUT2D eigenvalue weighted by molar-refractivity contribution is -0.140. The molecule has 2 aliphatic heterocycles. The van der Waals surface area contributed by atoms with Crippen molar-refractivity contribution in [3.8, 4) is 5.75 Å². The predicted molar refractivity (Wildman–Crippen MR) is 198 cm³/mol. The number of nitrogens with one attached hydrogen (secondary N) is 3. The van der Waals surface area contributed by atoms with E-state index in [4.69, 9.17) is 25.6 Å². The summed E-state index contributed by atoms with van der Waals surface area (Å²) in [5, 5.41) is 10.7. The Kier molecular flexibility index (Phi) is 14.4.